The quantitative estimate of drug-likeness (QED) is 0.769. The van der Waals surface area contributed by atoms with Crippen LogP contribution in [0.3, 0.4) is 0 Å². The van der Waals surface area contributed by atoms with Gasteiger partial charge in [-0.3, -0.25) is 4.79 Å². The largest absolute Gasteiger partial charge is 0.395 e. The highest BCUT2D eigenvalue weighted by atomic mass is 16.6. The van der Waals surface area contributed by atoms with E-state index in [9.17, 15) is 4.79 Å². The normalized spacial score (nSPS) is 17.9. The molecular weight excluding hydrogens is 260 g/mol. The number of aliphatic hydroxyl groups excluding tert-OH is 1. The number of nitrogens with zero attached hydrogens (tertiary/aromatic N) is 1. The highest BCUT2D eigenvalue weighted by molar-refractivity contribution is 5.93. The lowest BCUT2D eigenvalue weighted by Crippen LogP contribution is -2.39. The molecule has 0 aromatic carbocycles. The van der Waals surface area contributed by atoms with Crippen molar-refractivity contribution in [2.45, 2.75) is 12.5 Å². The molecule has 0 spiro atoms. The first-order chi connectivity index (χ1) is 9.79. The average molecular weight is 276 g/mol. The number of carbonyl (C=O) groups excluding carboxylic acids is 1. The number of nitrogens with one attached hydrogen (secondary N) is 1. The van der Waals surface area contributed by atoms with Crippen LogP contribution in [-0.4, -0.2) is 48.5 Å². The first kappa shape index (κ1) is 14.5. The van der Waals surface area contributed by atoms with Gasteiger partial charge in [-0.1, -0.05) is 11.8 Å². The summed E-state index contributed by atoms with van der Waals surface area (Å²) in [4.78, 5) is 16.0. The molecular formula is C14H16N2O4. The van der Waals surface area contributed by atoms with E-state index in [4.69, 9.17) is 14.6 Å². The molecule has 1 aromatic heterocycles. The Bertz CT molecular complexity index is 515. The Kier molecular flexibility index (Phi) is 5.50. The zero-order valence-corrected chi connectivity index (χ0v) is 11.0. The van der Waals surface area contributed by atoms with Gasteiger partial charge in [-0.25, -0.2) is 4.98 Å². The van der Waals surface area contributed by atoms with Gasteiger partial charge in [0, 0.05) is 18.2 Å². The van der Waals surface area contributed by atoms with Gasteiger partial charge < -0.3 is 19.9 Å². The predicted molar refractivity (Wildman–Crippen MR) is 72.0 cm³/mol. The van der Waals surface area contributed by atoms with Crippen molar-refractivity contribution >= 4 is 11.7 Å². The van der Waals surface area contributed by atoms with Crippen LogP contribution in [-0.2, 0) is 14.3 Å². The van der Waals surface area contributed by atoms with Gasteiger partial charge >= 0.3 is 0 Å². The van der Waals surface area contributed by atoms with Crippen LogP contribution in [0.2, 0.25) is 0 Å². The van der Waals surface area contributed by atoms with Crippen molar-refractivity contribution in [3.05, 3.63) is 23.9 Å². The maximum Gasteiger partial charge on any atom is 0.257 e. The number of aliphatic hydroxyl groups is 1. The SMILES string of the molecule is O=C(Nc1cc(C#CCCO)ccn1)C1COCCO1. The van der Waals surface area contributed by atoms with E-state index in [2.05, 4.69) is 22.1 Å². The van der Waals surface area contributed by atoms with Crippen molar-refractivity contribution in [3.8, 4) is 11.8 Å². The fourth-order valence-electron chi connectivity index (χ4n) is 1.64. The summed E-state index contributed by atoms with van der Waals surface area (Å²) < 4.78 is 10.5. The summed E-state index contributed by atoms with van der Waals surface area (Å²) in [6.07, 6.45) is 1.38. The minimum atomic E-state index is -0.602. The number of carbonyl (C=O) groups is 1. The lowest BCUT2D eigenvalue weighted by molar-refractivity contribution is -0.142. The summed E-state index contributed by atoms with van der Waals surface area (Å²) in [5, 5.41) is 11.3. The molecule has 1 aliphatic heterocycles. The Morgan fingerprint density at radius 2 is 2.45 bits per heavy atom. The van der Waals surface area contributed by atoms with Crippen molar-refractivity contribution < 1.29 is 19.4 Å². The number of hydrogen-bond donors (Lipinski definition) is 2. The molecule has 6 heteroatoms. The Balaban J connectivity index is 1.97. The van der Waals surface area contributed by atoms with Gasteiger partial charge in [0.25, 0.3) is 5.91 Å². The molecule has 1 amide bonds. The summed E-state index contributed by atoms with van der Waals surface area (Å²) in [6.45, 7) is 1.21. The zero-order valence-electron chi connectivity index (χ0n) is 11.0. The molecule has 0 radical (unpaired) electrons. The molecule has 1 fully saturated rings. The number of ether oxygens (including phenoxy) is 2. The number of rotatable bonds is 3. The van der Waals surface area contributed by atoms with Crippen molar-refractivity contribution in [1.82, 2.24) is 4.98 Å². The topological polar surface area (TPSA) is 80.7 Å². The number of amides is 1. The fourth-order valence-corrected chi connectivity index (χ4v) is 1.64. The Hall–Kier alpha value is -1.94. The molecule has 0 bridgehead atoms. The van der Waals surface area contributed by atoms with Gasteiger partial charge in [0.05, 0.1) is 26.4 Å². The fraction of sp³-hybridized carbons (Fsp3) is 0.429. The standard InChI is InChI=1S/C14H16N2O4/c17-6-2-1-3-11-4-5-15-13(9-11)16-14(18)12-10-19-7-8-20-12/h4-5,9,12,17H,2,6-8,10H2,(H,15,16,18). The van der Waals surface area contributed by atoms with Crippen LogP contribution in [0.4, 0.5) is 5.82 Å². The average Bonchev–Trinajstić information content (AvgIpc) is 2.49. The molecule has 2 rings (SSSR count). The molecule has 106 valence electrons. The lowest BCUT2D eigenvalue weighted by atomic mass is 10.2. The Morgan fingerprint density at radius 3 is 3.20 bits per heavy atom. The van der Waals surface area contributed by atoms with Gasteiger partial charge in [-0.15, -0.1) is 0 Å². The second-order valence-electron chi connectivity index (χ2n) is 4.13. The monoisotopic (exact) mass is 276 g/mol. The maximum atomic E-state index is 11.9. The van der Waals surface area contributed by atoms with E-state index in [0.29, 0.717) is 25.5 Å². The van der Waals surface area contributed by atoms with Crippen LogP contribution in [0.1, 0.15) is 12.0 Å². The van der Waals surface area contributed by atoms with Crippen molar-refractivity contribution in [3.63, 3.8) is 0 Å². The number of hydrogen-bond acceptors (Lipinski definition) is 5. The van der Waals surface area contributed by atoms with E-state index in [-0.39, 0.29) is 19.1 Å². The Morgan fingerprint density at radius 1 is 1.55 bits per heavy atom. The molecule has 1 aliphatic rings. The van der Waals surface area contributed by atoms with E-state index >= 15 is 0 Å². The minimum Gasteiger partial charge on any atom is -0.395 e. The second-order valence-corrected chi connectivity index (χ2v) is 4.13. The molecule has 2 N–H and O–H groups in total. The van der Waals surface area contributed by atoms with Crippen molar-refractivity contribution in [2.24, 2.45) is 0 Å². The van der Waals surface area contributed by atoms with Crippen molar-refractivity contribution in [1.29, 1.82) is 0 Å². The van der Waals surface area contributed by atoms with Crippen LogP contribution in [0.15, 0.2) is 18.3 Å². The summed E-state index contributed by atoms with van der Waals surface area (Å²) in [5.41, 5.74) is 0.726. The molecule has 1 aromatic rings. The summed E-state index contributed by atoms with van der Waals surface area (Å²) in [6, 6.07) is 3.41. The van der Waals surface area contributed by atoms with Gasteiger partial charge in [0.1, 0.15) is 5.82 Å². The van der Waals surface area contributed by atoms with E-state index in [1.807, 2.05) is 0 Å². The molecule has 0 saturated carbocycles. The van der Waals surface area contributed by atoms with E-state index in [1.165, 1.54) is 0 Å². The van der Waals surface area contributed by atoms with E-state index < -0.39 is 6.10 Å². The van der Waals surface area contributed by atoms with Gasteiger partial charge in [0.15, 0.2) is 6.10 Å². The summed E-state index contributed by atoms with van der Waals surface area (Å²) in [7, 11) is 0. The third-order valence-electron chi connectivity index (χ3n) is 2.59. The van der Waals surface area contributed by atoms with E-state index in [0.717, 1.165) is 5.56 Å². The third-order valence-corrected chi connectivity index (χ3v) is 2.59. The van der Waals surface area contributed by atoms with Crippen LogP contribution < -0.4 is 5.32 Å². The first-order valence-corrected chi connectivity index (χ1v) is 6.35. The van der Waals surface area contributed by atoms with Crippen LogP contribution in [0, 0.1) is 11.8 Å². The molecule has 1 saturated heterocycles. The van der Waals surface area contributed by atoms with Crippen LogP contribution in [0.5, 0.6) is 0 Å². The molecule has 6 nitrogen and oxygen atoms in total. The Labute approximate surface area is 117 Å². The summed E-state index contributed by atoms with van der Waals surface area (Å²) in [5.74, 6) is 5.83. The molecule has 20 heavy (non-hydrogen) atoms. The zero-order chi connectivity index (χ0) is 14.2. The minimum absolute atomic E-state index is 0.0285. The van der Waals surface area contributed by atoms with Crippen LogP contribution in [0.25, 0.3) is 0 Å². The van der Waals surface area contributed by atoms with Gasteiger partial charge in [-0.2, -0.15) is 0 Å². The van der Waals surface area contributed by atoms with Gasteiger partial charge in [-0.05, 0) is 12.1 Å². The highest BCUT2D eigenvalue weighted by Gasteiger charge is 2.22. The lowest BCUT2D eigenvalue weighted by Gasteiger charge is -2.21. The van der Waals surface area contributed by atoms with E-state index in [1.54, 1.807) is 18.3 Å². The number of anilines is 1. The molecule has 0 aliphatic carbocycles. The maximum absolute atomic E-state index is 11.9. The molecule has 1 unspecified atom stereocenters. The number of aromatic nitrogens is 1. The highest BCUT2D eigenvalue weighted by Crippen LogP contribution is 2.08. The van der Waals surface area contributed by atoms with Gasteiger partial charge in [0.2, 0.25) is 0 Å². The second kappa shape index (κ2) is 7.60. The first-order valence-electron chi connectivity index (χ1n) is 6.35. The molecule has 1 atom stereocenters. The molecule has 2 heterocycles. The van der Waals surface area contributed by atoms with Crippen LogP contribution >= 0.6 is 0 Å². The predicted octanol–water partition coefficient (Wildman–Crippen LogP) is 0.169. The summed E-state index contributed by atoms with van der Waals surface area (Å²) >= 11 is 0. The number of pyridine rings is 1. The third kappa shape index (κ3) is 4.31. The van der Waals surface area contributed by atoms with Crippen molar-refractivity contribution in [2.75, 3.05) is 31.7 Å². The smallest absolute Gasteiger partial charge is 0.257 e.